The summed E-state index contributed by atoms with van der Waals surface area (Å²) in [6.45, 7) is 5.90. The van der Waals surface area contributed by atoms with E-state index in [1.165, 1.54) is 45.1 Å². The van der Waals surface area contributed by atoms with Crippen LogP contribution in [0.4, 0.5) is 0 Å². The zero-order chi connectivity index (χ0) is 9.73. The van der Waals surface area contributed by atoms with Gasteiger partial charge in [-0.25, -0.2) is 0 Å². The lowest BCUT2D eigenvalue weighted by Crippen LogP contribution is -2.29. The highest BCUT2D eigenvalue weighted by Crippen LogP contribution is 2.47. The van der Waals surface area contributed by atoms with Crippen molar-refractivity contribution in [3.05, 3.63) is 0 Å². The van der Waals surface area contributed by atoms with Crippen LogP contribution in [0, 0.1) is 11.3 Å². The summed E-state index contributed by atoms with van der Waals surface area (Å²) in [5, 5.41) is 3.26. The van der Waals surface area contributed by atoms with Crippen molar-refractivity contribution < 1.29 is 0 Å². The molecule has 78 valence electrons. The van der Waals surface area contributed by atoms with Crippen LogP contribution < -0.4 is 5.32 Å². The summed E-state index contributed by atoms with van der Waals surface area (Å²) in [6.07, 6.45) is 8.75. The fourth-order valence-corrected chi connectivity index (χ4v) is 2.46. The average Bonchev–Trinajstić information content (AvgIpc) is 2.04. The quantitative estimate of drug-likeness (QED) is 0.667. The highest BCUT2D eigenvalue weighted by molar-refractivity contribution is 4.86. The second kappa shape index (κ2) is 4.99. The second-order valence-electron chi connectivity index (χ2n) is 4.91. The van der Waals surface area contributed by atoms with Gasteiger partial charge < -0.3 is 5.32 Å². The third-order valence-corrected chi connectivity index (χ3v) is 3.88. The molecule has 0 bridgehead atoms. The molecule has 0 aromatic heterocycles. The summed E-state index contributed by atoms with van der Waals surface area (Å²) in [5.41, 5.74) is 0.766. The van der Waals surface area contributed by atoms with E-state index >= 15 is 0 Å². The van der Waals surface area contributed by atoms with Crippen LogP contribution in [0.2, 0.25) is 0 Å². The molecule has 1 fully saturated rings. The predicted molar refractivity (Wildman–Crippen MR) is 58.9 cm³/mol. The van der Waals surface area contributed by atoms with E-state index in [4.69, 9.17) is 0 Å². The molecule has 1 saturated carbocycles. The minimum atomic E-state index is 0.766. The lowest BCUT2D eigenvalue weighted by atomic mass is 9.64. The van der Waals surface area contributed by atoms with Crippen LogP contribution in [0.15, 0.2) is 0 Å². The molecule has 1 N–H and O–H groups in total. The van der Waals surface area contributed by atoms with Gasteiger partial charge >= 0.3 is 0 Å². The number of hydrogen-bond donors (Lipinski definition) is 1. The van der Waals surface area contributed by atoms with Crippen LogP contribution >= 0.6 is 0 Å². The summed E-state index contributed by atoms with van der Waals surface area (Å²) in [7, 11) is 2.05. The molecular weight excluding hydrogens is 158 g/mol. The molecule has 1 aliphatic rings. The fraction of sp³-hybridized carbons (Fsp3) is 1.00. The Hall–Kier alpha value is -0.0400. The molecule has 1 heteroatoms. The first kappa shape index (κ1) is 11.0. The van der Waals surface area contributed by atoms with E-state index in [9.17, 15) is 0 Å². The van der Waals surface area contributed by atoms with Gasteiger partial charge in [0.15, 0.2) is 0 Å². The van der Waals surface area contributed by atoms with Crippen molar-refractivity contribution in [3.63, 3.8) is 0 Å². The molecule has 0 saturated heterocycles. The highest BCUT2D eigenvalue weighted by atomic mass is 14.8. The largest absolute Gasteiger partial charge is 0.319 e. The Bertz CT molecular complexity index is 133. The third kappa shape index (κ3) is 2.98. The molecule has 0 spiro atoms. The first-order chi connectivity index (χ1) is 6.22. The highest BCUT2D eigenvalue weighted by Gasteiger charge is 2.34. The SMILES string of the molecule is CCC1(CCC(C)CNC)CCC1. The van der Waals surface area contributed by atoms with Crippen LogP contribution in [0.5, 0.6) is 0 Å². The molecule has 0 heterocycles. The molecule has 1 atom stereocenters. The molecule has 0 aromatic rings. The van der Waals surface area contributed by atoms with Gasteiger partial charge in [0, 0.05) is 0 Å². The van der Waals surface area contributed by atoms with Gasteiger partial charge in [-0.05, 0) is 50.6 Å². The average molecular weight is 183 g/mol. The topological polar surface area (TPSA) is 12.0 Å². The van der Waals surface area contributed by atoms with E-state index in [2.05, 4.69) is 26.2 Å². The summed E-state index contributed by atoms with van der Waals surface area (Å²) >= 11 is 0. The van der Waals surface area contributed by atoms with Gasteiger partial charge in [-0.1, -0.05) is 26.7 Å². The first-order valence-electron chi connectivity index (χ1n) is 5.87. The van der Waals surface area contributed by atoms with Crippen molar-refractivity contribution >= 4 is 0 Å². The monoisotopic (exact) mass is 183 g/mol. The Morgan fingerprint density at radius 3 is 2.46 bits per heavy atom. The van der Waals surface area contributed by atoms with Crippen molar-refractivity contribution in [1.29, 1.82) is 0 Å². The van der Waals surface area contributed by atoms with Crippen molar-refractivity contribution in [2.75, 3.05) is 13.6 Å². The smallest absolute Gasteiger partial charge is 0.00262 e. The lowest BCUT2D eigenvalue weighted by Gasteiger charge is -2.42. The summed E-state index contributed by atoms with van der Waals surface area (Å²) in [4.78, 5) is 0. The Labute approximate surface area is 83.3 Å². The van der Waals surface area contributed by atoms with Crippen molar-refractivity contribution in [2.45, 2.75) is 52.4 Å². The molecule has 1 nitrogen and oxygen atoms in total. The van der Waals surface area contributed by atoms with E-state index < -0.39 is 0 Å². The van der Waals surface area contributed by atoms with Gasteiger partial charge in [0.2, 0.25) is 0 Å². The maximum atomic E-state index is 3.26. The summed E-state index contributed by atoms with van der Waals surface area (Å²) < 4.78 is 0. The Kier molecular flexibility index (Phi) is 4.24. The van der Waals surface area contributed by atoms with Crippen molar-refractivity contribution in [2.24, 2.45) is 11.3 Å². The van der Waals surface area contributed by atoms with Crippen LogP contribution in [0.25, 0.3) is 0 Å². The van der Waals surface area contributed by atoms with Crippen LogP contribution in [-0.2, 0) is 0 Å². The van der Waals surface area contributed by atoms with E-state index in [1.54, 1.807) is 0 Å². The fourth-order valence-electron chi connectivity index (χ4n) is 2.46. The molecule has 13 heavy (non-hydrogen) atoms. The number of hydrogen-bond acceptors (Lipinski definition) is 1. The molecule has 0 aromatic carbocycles. The molecule has 1 unspecified atom stereocenters. The zero-order valence-electron chi connectivity index (χ0n) is 9.53. The zero-order valence-corrected chi connectivity index (χ0v) is 9.53. The van der Waals surface area contributed by atoms with Gasteiger partial charge in [-0.3, -0.25) is 0 Å². The first-order valence-corrected chi connectivity index (χ1v) is 5.87. The predicted octanol–water partition coefficient (Wildman–Crippen LogP) is 3.20. The van der Waals surface area contributed by atoms with Gasteiger partial charge in [0.1, 0.15) is 0 Å². The van der Waals surface area contributed by atoms with E-state index in [-0.39, 0.29) is 0 Å². The lowest BCUT2D eigenvalue weighted by molar-refractivity contribution is 0.103. The number of rotatable bonds is 6. The van der Waals surface area contributed by atoms with Gasteiger partial charge in [-0.15, -0.1) is 0 Å². The molecule has 0 amide bonds. The van der Waals surface area contributed by atoms with E-state index in [0.717, 1.165) is 11.3 Å². The number of nitrogens with one attached hydrogen (secondary N) is 1. The normalized spacial score (nSPS) is 22.4. The molecule has 1 aliphatic carbocycles. The minimum Gasteiger partial charge on any atom is -0.319 e. The van der Waals surface area contributed by atoms with Crippen molar-refractivity contribution in [3.8, 4) is 0 Å². The van der Waals surface area contributed by atoms with Crippen LogP contribution in [0.1, 0.15) is 52.4 Å². The maximum absolute atomic E-state index is 3.26. The summed E-state index contributed by atoms with van der Waals surface area (Å²) in [5.74, 6) is 0.856. The van der Waals surface area contributed by atoms with Crippen LogP contribution in [0.3, 0.4) is 0 Å². The van der Waals surface area contributed by atoms with E-state index in [1.807, 2.05) is 0 Å². The second-order valence-corrected chi connectivity index (χ2v) is 4.91. The molecule has 0 aliphatic heterocycles. The van der Waals surface area contributed by atoms with Crippen molar-refractivity contribution in [1.82, 2.24) is 5.32 Å². The Morgan fingerprint density at radius 1 is 1.38 bits per heavy atom. The van der Waals surface area contributed by atoms with Gasteiger partial charge in [-0.2, -0.15) is 0 Å². The standard InChI is InChI=1S/C12H25N/c1-4-12(7-5-8-12)9-6-11(2)10-13-3/h11,13H,4-10H2,1-3H3. The Balaban J connectivity index is 2.16. The molecule has 0 radical (unpaired) electrons. The summed E-state index contributed by atoms with van der Waals surface area (Å²) in [6, 6.07) is 0. The Morgan fingerprint density at radius 2 is 2.08 bits per heavy atom. The van der Waals surface area contributed by atoms with E-state index in [0.29, 0.717) is 0 Å². The maximum Gasteiger partial charge on any atom is -0.00262 e. The molecular formula is C12H25N. The molecule has 1 rings (SSSR count). The van der Waals surface area contributed by atoms with Gasteiger partial charge in [0.25, 0.3) is 0 Å². The third-order valence-electron chi connectivity index (χ3n) is 3.88. The van der Waals surface area contributed by atoms with Gasteiger partial charge in [0.05, 0.1) is 0 Å². The minimum absolute atomic E-state index is 0.766. The van der Waals surface area contributed by atoms with Crippen LogP contribution in [-0.4, -0.2) is 13.6 Å².